The molecule has 0 radical (unpaired) electrons. The fourth-order valence-corrected chi connectivity index (χ4v) is 2.02. The molecule has 0 heterocycles. The van der Waals surface area contributed by atoms with E-state index in [1.54, 1.807) is 4.90 Å². The smallest absolute Gasteiger partial charge is 0.411 e. The van der Waals surface area contributed by atoms with Gasteiger partial charge >= 0.3 is 6.09 Å². The molecule has 1 fully saturated rings. The molecular formula is C13H25N3O3. The number of oxime groups is 1. The van der Waals surface area contributed by atoms with E-state index in [2.05, 4.69) is 5.16 Å². The summed E-state index contributed by atoms with van der Waals surface area (Å²) >= 11 is 0. The Morgan fingerprint density at radius 2 is 1.95 bits per heavy atom. The molecule has 1 amide bonds. The lowest BCUT2D eigenvalue weighted by Crippen LogP contribution is -2.53. The highest BCUT2D eigenvalue weighted by molar-refractivity contribution is 5.89. The highest BCUT2D eigenvalue weighted by atomic mass is 16.6. The van der Waals surface area contributed by atoms with Gasteiger partial charge < -0.3 is 15.7 Å². The minimum Gasteiger partial charge on any atom is -0.444 e. The maximum atomic E-state index is 12.3. The molecule has 19 heavy (non-hydrogen) atoms. The van der Waals surface area contributed by atoms with Crippen LogP contribution in [0.3, 0.4) is 0 Å². The molecule has 0 unspecified atom stereocenters. The number of amidine groups is 1. The standard InChI is InChI=1S/C13H25N3O3/c1-8(2)10(11(14)15-18)16(9-6-7-9)12(17)19-13(3,4)5/h8-10,18H,6-7H2,1-5H3,(H2,14,15)/t10-/m1/s1. The van der Waals surface area contributed by atoms with Crippen molar-refractivity contribution in [1.29, 1.82) is 0 Å². The first-order chi connectivity index (χ1) is 8.67. The second-order valence-electron chi connectivity index (χ2n) is 6.33. The Bertz CT molecular complexity index is 357. The quantitative estimate of drug-likeness (QED) is 0.355. The third kappa shape index (κ3) is 4.29. The van der Waals surface area contributed by atoms with Crippen molar-refractivity contribution in [3.63, 3.8) is 0 Å². The maximum Gasteiger partial charge on any atom is 0.411 e. The van der Waals surface area contributed by atoms with Gasteiger partial charge in [0.1, 0.15) is 5.60 Å². The maximum absolute atomic E-state index is 12.3. The van der Waals surface area contributed by atoms with Crippen LogP contribution in [0.15, 0.2) is 5.16 Å². The van der Waals surface area contributed by atoms with E-state index in [0.717, 1.165) is 12.8 Å². The lowest BCUT2D eigenvalue weighted by atomic mass is 10.0. The molecule has 0 spiro atoms. The van der Waals surface area contributed by atoms with Gasteiger partial charge in [-0.3, -0.25) is 4.90 Å². The zero-order valence-corrected chi connectivity index (χ0v) is 12.4. The lowest BCUT2D eigenvalue weighted by Gasteiger charge is -2.35. The Hall–Kier alpha value is -1.46. The van der Waals surface area contributed by atoms with Gasteiger partial charge in [-0.1, -0.05) is 19.0 Å². The van der Waals surface area contributed by atoms with Gasteiger partial charge in [-0.05, 0) is 39.5 Å². The van der Waals surface area contributed by atoms with E-state index in [-0.39, 0.29) is 17.8 Å². The van der Waals surface area contributed by atoms with Crippen molar-refractivity contribution in [2.75, 3.05) is 0 Å². The van der Waals surface area contributed by atoms with E-state index in [1.807, 2.05) is 34.6 Å². The molecule has 1 rings (SSSR count). The zero-order chi connectivity index (χ0) is 14.8. The van der Waals surface area contributed by atoms with Gasteiger partial charge in [-0.25, -0.2) is 4.79 Å². The first-order valence-electron chi connectivity index (χ1n) is 6.66. The van der Waals surface area contributed by atoms with Crippen molar-refractivity contribution in [2.24, 2.45) is 16.8 Å². The summed E-state index contributed by atoms with van der Waals surface area (Å²) in [6, 6.07) is -0.310. The molecule has 1 saturated carbocycles. The highest BCUT2D eigenvalue weighted by Crippen LogP contribution is 2.32. The molecule has 0 bridgehead atoms. The second kappa shape index (κ2) is 5.67. The minimum atomic E-state index is -0.559. The van der Waals surface area contributed by atoms with Crippen LogP contribution in [0.4, 0.5) is 4.79 Å². The van der Waals surface area contributed by atoms with E-state index in [0.29, 0.717) is 0 Å². The van der Waals surface area contributed by atoms with Gasteiger partial charge in [-0.2, -0.15) is 0 Å². The van der Waals surface area contributed by atoms with E-state index >= 15 is 0 Å². The average Bonchev–Trinajstić information content (AvgIpc) is 3.05. The third-order valence-electron chi connectivity index (χ3n) is 2.89. The van der Waals surface area contributed by atoms with Crippen molar-refractivity contribution in [3.05, 3.63) is 0 Å². The Kier molecular flexibility index (Phi) is 4.66. The van der Waals surface area contributed by atoms with E-state index in [4.69, 9.17) is 15.7 Å². The summed E-state index contributed by atoms with van der Waals surface area (Å²) in [6.07, 6.45) is 1.46. The number of carbonyl (C=O) groups excluding carboxylic acids is 1. The number of nitrogens with zero attached hydrogens (tertiary/aromatic N) is 2. The number of carbonyl (C=O) groups is 1. The fraction of sp³-hybridized carbons (Fsp3) is 0.846. The summed E-state index contributed by atoms with van der Waals surface area (Å²) in [7, 11) is 0. The molecule has 1 aliphatic rings. The second-order valence-corrected chi connectivity index (χ2v) is 6.33. The van der Waals surface area contributed by atoms with Crippen LogP contribution in [-0.2, 0) is 4.74 Å². The van der Waals surface area contributed by atoms with Crippen LogP contribution in [0.1, 0.15) is 47.5 Å². The summed E-state index contributed by atoms with van der Waals surface area (Å²) in [5.41, 5.74) is 5.18. The molecule has 3 N–H and O–H groups in total. The van der Waals surface area contributed by atoms with Gasteiger partial charge in [0.05, 0.1) is 6.04 Å². The number of hydrogen-bond donors (Lipinski definition) is 2. The Morgan fingerprint density at radius 1 is 1.42 bits per heavy atom. The Labute approximate surface area is 114 Å². The van der Waals surface area contributed by atoms with Crippen LogP contribution in [0, 0.1) is 5.92 Å². The summed E-state index contributed by atoms with van der Waals surface area (Å²) < 4.78 is 5.42. The molecule has 110 valence electrons. The topological polar surface area (TPSA) is 88.2 Å². The average molecular weight is 271 g/mol. The number of rotatable bonds is 4. The van der Waals surface area contributed by atoms with Crippen LogP contribution >= 0.6 is 0 Å². The normalized spacial score (nSPS) is 18.3. The molecule has 0 aromatic heterocycles. The lowest BCUT2D eigenvalue weighted by molar-refractivity contribution is 0.0156. The van der Waals surface area contributed by atoms with Crippen LogP contribution in [0.25, 0.3) is 0 Å². The van der Waals surface area contributed by atoms with Crippen molar-refractivity contribution in [2.45, 2.75) is 65.1 Å². The molecule has 0 aromatic carbocycles. The molecule has 0 aromatic rings. The fourth-order valence-electron chi connectivity index (χ4n) is 2.02. The van der Waals surface area contributed by atoms with Crippen LogP contribution < -0.4 is 5.73 Å². The number of nitrogens with two attached hydrogens (primary N) is 1. The number of amides is 1. The highest BCUT2D eigenvalue weighted by Gasteiger charge is 2.42. The first kappa shape index (κ1) is 15.6. The SMILES string of the molecule is CC(C)[C@H](C(N)=NO)N(C(=O)OC(C)(C)C)C1CC1. The van der Waals surface area contributed by atoms with E-state index in [9.17, 15) is 4.79 Å². The van der Waals surface area contributed by atoms with Gasteiger partial charge in [-0.15, -0.1) is 0 Å². The van der Waals surface area contributed by atoms with Crippen molar-refractivity contribution >= 4 is 11.9 Å². The van der Waals surface area contributed by atoms with Crippen LogP contribution in [0.5, 0.6) is 0 Å². The van der Waals surface area contributed by atoms with Crippen molar-refractivity contribution in [1.82, 2.24) is 4.90 Å². The molecule has 6 heteroatoms. The van der Waals surface area contributed by atoms with Gasteiger partial charge in [0.2, 0.25) is 0 Å². The van der Waals surface area contributed by atoms with Gasteiger partial charge in [0, 0.05) is 6.04 Å². The first-order valence-corrected chi connectivity index (χ1v) is 6.66. The number of ether oxygens (including phenoxy) is 1. The minimum absolute atomic E-state index is 0.0454. The summed E-state index contributed by atoms with van der Waals surface area (Å²) in [6.45, 7) is 9.34. The summed E-state index contributed by atoms with van der Waals surface area (Å²) in [4.78, 5) is 13.9. The summed E-state index contributed by atoms with van der Waals surface area (Å²) in [5.74, 6) is 0.0942. The molecular weight excluding hydrogens is 246 g/mol. The van der Waals surface area contributed by atoms with Crippen LogP contribution in [-0.4, -0.2) is 39.7 Å². The molecule has 1 atom stereocenters. The monoisotopic (exact) mass is 271 g/mol. The van der Waals surface area contributed by atoms with Crippen molar-refractivity contribution < 1.29 is 14.7 Å². The molecule has 0 saturated heterocycles. The predicted molar refractivity (Wildman–Crippen MR) is 73.1 cm³/mol. The van der Waals surface area contributed by atoms with Crippen LogP contribution in [0.2, 0.25) is 0 Å². The Morgan fingerprint density at radius 3 is 2.26 bits per heavy atom. The van der Waals surface area contributed by atoms with Crippen molar-refractivity contribution in [3.8, 4) is 0 Å². The van der Waals surface area contributed by atoms with Gasteiger partial charge in [0.15, 0.2) is 5.84 Å². The van der Waals surface area contributed by atoms with Gasteiger partial charge in [0.25, 0.3) is 0 Å². The molecule has 1 aliphatic carbocycles. The molecule has 0 aliphatic heterocycles. The molecule has 6 nitrogen and oxygen atoms in total. The third-order valence-corrected chi connectivity index (χ3v) is 2.89. The Balaban J connectivity index is 2.95. The van der Waals surface area contributed by atoms with E-state index in [1.165, 1.54) is 0 Å². The summed E-state index contributed by atoms with van der Waals surface area (Å²) in [5, 5.41) is 12.0. The van der Waals surface area contributed by atoms with E-state index < -0.39 is 17.7 Å². The zero-order valence-electron chi connectivity index (χ0n) is 12.4. The predicted octanol–water partition coefficient (Wildman–Crippen LogP) is 2.16. The largest absolute Gasteiger partial charge is 0.444 e. The number of hydrogen-bond acceptors (Lipinski definition) is 4.